The molecule has 0 aliphatic rings. The molecule has 0 bridgehead atoms. The van der Waals surface area contributed by atoms with Crippen LogP contribution in [-0.4, -0.2) is 8.97 Å². The Morgan fingerprint density at radius 2 is 1.03 bits per heavy atom. The molecule has 0 radical (unpaired) electrons. The zero-order chi connectivity index (χ0) is 24.2. The molecule has 0 unspecified atom stereocenters. The summed E-state index contributed by atoms with van der Waals surface area (Å²) in [5.41, 5.74) is 7.46. The fourth-order valence-corrected chi connectivity index (χ4v) is 7.13. The summed E-state index contributed by atoms with van der Waals surface area (Å²) in [6.45, 7) is 0. The van der Waals surface area contributed by atoms with Crippen molar-refractivity contribution in [2.45, 2.75) is 0 Å². The first-order valence-electron chi connectivity index (χ1n) is 12.6. The number of hydrogen-bond acceptors (Lipinski definition) is 0. The summed E-state index contributed by atoms with van der Waals surface area (Å²) in [6.07, 6.45) is 0. The van der Waals surface area contributed by atoms with Crippen LogP contribution in [0.4, 0.5) is 0 Å². The van der Waals surface area contributed by atoms with Crippen molar-refractivity contribution in [3.05, 3.63) is 120 Å². The van der Waals surface area contributed by atoms with Crippen LogP contribution in [-0.2, 0) is 0 Å². The quantitative estimate of drug-likeness (QED) is 0.146. The summed E-state index contributed by atoms with van der Waals surface area (Å²) in [4.78, 5) is 0. The minimum absolute atomic E-state index is 1.13. The molecule has 0 aliphatic carbocycles. The Labute approximate surface area is 220 Å². The molecular formula is C34H19BrN2. The van der Waals surface area contributed by atoms with Gasteiger partial charge in [-0.1, -0.05) is 94.8 Å². The molecule has 0 saturated heterocycles. The minimum Gasteiger partial charge on any atom is -0.309 e. The molecule has 3 aromatic heterocycles. The number of benzene rings is 6. The second kappa shape index (κ2) is 6.90. The molecule has 0 aliphatic heterocycles. The highest BCUT2D eigenvalue weighted by atomic mass is 79.9. The number of para-hydroxylation sites is 3. The third kappa shape index (κ3) is 2.36. The highest BCUT2D eigenvalue weighted by molar-refractivity contribution is 9.10. The van der Waals surface area contributed by atoms with Crippen molar-refractivity contribution in [2.24, 2.45) is 0 Å². The van der Waals surface area contributed by atoms with Crippen molar-refractivity contribution < 1.29 is 0 Å². The molecule has 172 valence electrons. The van der Waals surface area contributed by atoms with E-state index < -0.39 is 0 Å². The largest absolute Gasteiger partial charge is 0.309 e. The second-order valence-electron chi connectivity index (χ2n) is 9.88. The van der Waals surface area contributed by atoms with E-state index in [0.29, 0.717) is 0 Å². The predicted molar refractivity (Wildman–Crippen MR) is 161 cm³/mol. The molecule has 2 nitrogen and oxygen atoms in total. The van der Waals surface area contributed by atoms with Gasteiger partial charge in [0.1, 0.15) is 0 Å². The molecule has 37 heavy (non-hydrogen) atoms. The zero-order valence-corrected chi connectivity index (χ0v) is 21.3. The molecule has 3 heteroatoms. The topological polar surface area (TPSA) is 9.34 Å². The van der Waals surface area contributed by atoms with E-state index in [0.717, 1.165) is 4.47 Å². The van der Waals surface area contributed by atoms with E-state index in [1.165, 1.54) is 76.4 Å². The number of rotatable bonds is 1. The van der Waals surface area contributed by atoms with Gasteiger partial charge in [0.05, 0.1) is 27.6 Å². The van der Waals surface area contributed by atoms with Crippen LogP contribution >= 0.6 is 15.9 Å². The van der Waals surface area contributed by atoms with Crippen LogP contribution in [0.3, 0.4) is 0 Å². The van der Waals surface area contributed by atoms with Crippen LogP contribution in [0.15, 0.2) is 120 Å². The van der Waals surface area contributed by atoms with E-state index in [2.05, 4.69) is 140 Å². The molecule has 0 N–H and O–H groups in total. The first kappa shape index (κ1) is 19.8. The summed E-state index contributed by atoms with van der Waals surface area (Å²) < 4.78 is 6.08. The van der Waals surface area contributed by atoms with Gasteiger partial charge >= 0.3 is 0 Å². The Morgan fingerprint density at radius 1 is 0.405 bits per heavy atom. The fourth-order valence-electron chi connectivity index (χ4n) is 6.66. The van der Waals surface area contributed by atoms with E-state index in [1.807, 2.05) is 0 Å². The van der Waals surface area contributed by atoms with Crippen LogP contribution in [0.5, 0.6) is 0 Å². The Bertz CT molecular complexity index is 2360. The SMILES string of the molecule is Brc1ccc2c3ccc4c(c5ccccc5n4-c4ccccc4)c3n3c4ccccc4c4ccc1c2c43. The maximum Gasteiger partial charge on any atom is 0.0641 e. The van der Waals surface area contributed by atoms with Gasteiger partial charge in [0.2, 0.25) is 0 Å². The Morgan fingerprint density at radius 3 is 1.89 bits per heavy atom. The van der Waals surface area contributed by atoms with Crippen LogP contribution in [0, 0.1) is 0 Å². The predicted octanol–water partition coefficient (Wildman–Crippen LogP) is 9.85. The van der Waals surface area contributed by atoms with E-state index in [-0.39, 0.29) is 0 Å². The molecule has 0 spiro atoms. The Kier molecular flexibility index (Phi) is 3.69. The molecule has 6 aromatic carbocycles. The lowest BCUT2D eigenvalue weighted by Crippen LogP contribution is -1.95. The number of fused-ring (bicyclic) bond motifs is 10. The molecule has 3 heterocycles. The van der Waals surface area contributed by atoms with Gasteiger partial charge in [0.25, 0.3) is 0 Å². The maximum atomic E-state index is 3.84. The summed E-state index contributed by atoms with van der Waals surface area (Å²) in [5.74, 6) is 0. The molecule has 0 fully saturated rings. The van der Waals surface area contributed by atoms with Crippen molar-refractivity contribution in [3.8, 4) is 5.69 Å². The van der Waals surface area contributed by atoms with Gasteiger partial charge in [-0.2, -0.15) is 0 Å². The molecule has 9 aromatic rings. The third-order valence-electron chi connectivity index (χ3n) is 8.10. The average Bonchev–Trinajstić information content (AvgIpc) is 3.47. The molecule has 0 saturated carbocycles. The standard InChI is InChI=1S/C34H19BrN2/c35-27-18-16-22-24-17-19-30-32(26-11-5-7-13-29(26)36(30)20-8-2-1-3-9-20)34(24)37-28-12-6-4-10-21(28)23-14-15-25(27)31(22)33(23)37/h1-19H. The zero-order valence-electron chi connectivity index (χ0n) is 19.7. The second-order valence-corrected chi connectivity index (χ2v) is 10.7. The number of nitrogens with zero attached hydrogens (tertiary/aromatic N) is 2. The lowest BCUT2D eigenvalue weighted by Gasteiger charge is -2.15. The molecule has 0 atom stereocenters. The number of halogens is 1. The fraction of sp³-hybridized carbons (Fsp3) is 0. The molecule has 9 rings (SSSR count). The van der Waals surface area contributed by atoms with Crippen molar-refractivity contribution >= 4 is 86.6 Å². The van der Waals surface area contributed by atoms with Crippen molar-refractivity contribution in [1.82, 2.24) is 8.97 Å². The normalized spacial score (nSPS) is 12.5. The van der Waals surface area contributed by atoms with Crippen LogP contribution in [0.2, 0.25) is 0 Å². The summed E-state index contributed by atoms with van der Waals surface area (Å²) in [5, 5.41) is 10.3. The maximum absolute atomic E-state index is 3.84. The van der Waals surface area contributed by atoms with E-state index in [4.69, 9.17) is 0 Å². The first-order chi connectivity index (χ1) is 18.3. The van der Waals surface area contributed by atoms with Gasteiger partial charge in [0.15, 0.2) is 0 Å². The Balaban J connectivity index is 1.67. The average molecular weight is 535 g/mol. The number of hydrogen-bond donors (Lipinski definition) is 0. The van der Waals surface area contributed by atoms with Gasteiger partial charge in [-0.15, -0.1) is 0 Å². The van der Waals surface area contributed by atoms with Crippen molar-refractivity contribution in [3.63, 3.8) is 0 Å². The van der Waals surface area contributed by atoms with Crippen LogP contribution in [0.1, 0.15) is 0 Å². The highest BCUT2D eigenvalue weighted by Crippen LogP contribution is 2.46. The van der Waals surface area contributed by atoms with Crippen LogP contribution < -0.4 is 0 Å². The van der Waals surface area contributed by atoms with Gasteiger partial charge in [-0.25, -0.2) is 0 Å². The lowest BCUT2D eigenvalue weighted by molar-refractivity contribution is 1.18. The van der Waals surface area contributed by atoms with E-state index in [9.17, 15) is 0 Å². The Hall–Kier alpha value is -4.34. The van der Waals surface area contributed by atoms with E-state index >= 15 is 0 Å². The van der Waals surface area contributed by atoms with Crippen LogP contribution in [0.25, 0.3) is 76.4 Å². The van der Waals surface area contributed by atoms with Crippen molar-refractivity contribution in [2.75, 3.05) is 0 Å². The molecular weight excluding hydrogens is 516 g/mol. The van der Waals surface area contributed by atoms with Crippen molar-refractivity contribution in [1.29, 1.82) is 0 Å². The monoisotopic (exact) mass is 534 g/mol. The summed E-state index contributed by atoms with van der Waals surface area (Å²) in [7, 11) is 0. The van der Waals surface area contributed by atoms with Gasteiger partial charge < -0.3 is 8.97 Å². The van der Waals surface area contributed by atoms with Gasteiger partial charge in [-0.3, -0.25) is 0 Å². The summed E-state index contributed by atoms with van der Waals surface area (Å²) >= 11 is 3.84. The van der Waals surface area contributed by atoms with E-state index in [1.54, 1.807) is 0 Å². The first-order valence-corrected chi connectivity index (χ1v) is 13.4. The highest BCUT2D eigenvalue weighted by Gasteiger charge is 2.22. The summed E-state index contributed by atoms with van der Waals surface area (Å²) in [6, 6.07) is 42.1. The molecule has 0 amide bonds. The third-order valence-corrected chi connectivity index (χ3v) is 8.79. The van der Waals surface area contributed by atoms with Gasteiger partial charge in [-0.05, 0) is 47.2 Å². The smallest absolute Gasteiger partial charge is 0.0641 e. The lowest BCUT2D eigenvalue weighted by atomic mass is 9.97. The minimum atomic E-state index is 1.13. The van der Waals surface area contributed by atoms with Gasteiger partial charge in [0, 0.05) is 42.5 Å². The number of pyridine rings is 1. The number of aromatic nitrogens is 2.